The Morgan fingerprint density at radius 1 is 1.30 bits per heavy atom. The number of nitrogens with one attached hydrogen (secondary N) is 1. The maximum atomic E-state index is 5.77. The second-order valence-corrected chi connectivity index (χ2v) is 5.99. The van der Waals surface area contributed by atoms with Crippen LogP contribution >= 0.6 is 0 Å². The van der Waals surface area contributed by atoms with Crippen LogP contribution in [0.1, 0.15) is 45.2 Å². The lowest BCUT2D eigenvalue weighted by Crippen LogP contribution is -2.50. The van der Waals surface area contributed by atoms with Crippen LogP contribution in [0.3, 0.4) is 0 Å². The van der Waals surface area contributed by atoms with Crippen molar-refractivity contribution in [3.05, 3.63) is 29.8 Å². The molecule has 1 aromatic carbocycles. The molecule has 1 aliphatic heterocycles. The van der Waals surface area contributed by atoms with Crippen LogP contribution < -0.4 is 10.1 Å². The summed E-state index contributed by atoms with van der Waals surface area (Å²) in [4.78, 5) is 2.57. The van der Waals surface area contributed by atoms with E-state index >= 15 is 0 Å². The Kier molecular flexibility index (Phi) is 5.06. The van der Waals surface area contributed by atoms with E-state index in [9.17, 15) is 0 Å². The molecule has 1 N–H and O–H groups in total. The lowest BCUT2D eigenvalue weighted by molar-refractivity contribution is 0.116. The van der Waals surface area contributed by atoms with Gasteiger partial charge in [-0.15, -0.1) is 0 Å². The van der Waals surface area contributed by atoms with Crippen LogP contribution in [0.4, 0.5) is 0 Å². The molecule has 0 bridgehead atoms. The molecule has 3 nitrogen and oxygen atoms in total. The lowest BCUT2D eigenvalue weighted by Gasteiger charge is -2.42. The van der Waals surface area contributed by atoms with Gasteiger partial charge < -0.3 is 10.1 Å². The van der Waals surface area contributed by atoms with Crippen molar-refractivity contribution in [2.24, 2.45) is 0 Å². The Balaban J connectivity index is 2.07. The Labute approximate surface area is 123 Å². The van der Waals surface area contributed by atoms with E-state index in [0.29, 0.717) is 11.6 Å². The largest absolute Gasteiger partial charge is 0.494 e. The molecule has 0 radical (unpaired) electrons. The third kappa shape index (κ3) is 3.33. The number of piperidine rings is 1. The van der Waals surface area contributed by atoms with Crippen molar-refractivity contribution in [1.29, 1.82) is 0 Å². The normalized spacial score (nSPS) is 20.6. The summed E-state index contributed by atoms with van der Waals surface area (Å²) in [5, 5.41) is 3.46. The first kappa shape index (κ1) is 15.3. The number of para-hydroxylation sites is 1. The third-order valence-corrected chi connectivity index (χ3v) is 4.72. The summed E-state index contributed by atoms with van der Waals surface area (Å²) in [6, 6.07) is 8.85. The molecule has 20 heavy (non-hydrogen) atoms. The van der Waals surface area contributed by atoms with E-state index in [2.05, 4.69) is 55.4 Å². The van der Waals surface area contributed by atoms with Gasteiger partial charge in [0.05, 0.1) is 6.61 Å². The zero-order valence-corrected chi connectivity index (χ0v) is 13.3. The number of hydrogen-bond donors (Lipinski definition) is 1. The summed E-state index contributed by atoms with van der Waals surface area (Å²) in [5.41, 5.74) is 1.61. The van der Waals surface area contributed by atoms with E-state index in [0.717, 1.165) is 25.4 Å². The topological polar surface area (TPSA) is 24.5 Å². The molecular weight excluding hydrogens is 248 g/mol. The van der Waals surface area contributed by atoms with Crippen molar-refractivity contribution < 1.29 is 4.74 Å². The maximum Gasteiger partial charge on any atom is 0.124 e. The zero-order chi connectivity index (χ0) is 14.6. The van der Waals surface area contributed by atoms with Crippen molar-refractivity contribution in [3.63, 3.8) is 0 Å². The fraction of sp³-hybridized carbons (Fsp3) is 0.647. The van der Waals surface area contributed by atoms with Crippen LogP contribution in [-0.2, 0) is 0 Å². The highest BCUT2D eigenvalue weighted by molar-refractivity contribution is 5.35. The number of nitrogens with zero attached hydrogens (tertiary/aromatic N) is 1. The molecule has 1 fully saturated rings. The molecule has 1 atom stereocenters. The molecule has 1 aliphatic rings. The fourth-order valence-corrected chi connectivity index (χ4v) is 2.96. The van der Waals surface area contributed by atoms with Gasteiger partial charge >= 0.3 is 0 Å². The Bertz CT molecular complexity index is 425. The monoisotopic (exact) mass is 276 g/mol. The minimum Gasteiger partial charge on any atom is -0.494 e. The molecule has 3 heteroatoms. The van der Waals surface area contributed by atoms with E-state index < -0.39 is 0 Å². The van der Waals surface area contributed by atoms with Crippen LogP contribution in [-0.4, -0.2) is 37.2 Å². The van der Waals surface area contributed by atoms with Crippen molar-refractivity contribution >= 4 is 0 Å². The fourth-order valence-electron chi connectivity index (χ4n) is 2.96. The van der Waals surface area contributed by atoms with E-state index in [1.54, 1.807) is 0 Å². The smallest absolute Gasteiger partial charge is 0.124 e. The molecule has 0 spiro atoms. The van der Waals surface area contributed by atoms with E-state index in [1.807, 2.05) is 6.92 Å². The van der Waals surface area contributed by atoms with Gasteiger partial charge in [0.1, 0.15) is 5.75 Å². The predicted octanol–water partition coefficient (Wildman–Crippen LogP) is 3.22. The number of rotatable bonds is 5. The summed E-state index contributed by atoms with van der Waals surface area (Å²) in [6.07, 6.45) is 2.40. The molecule has 1 unspecified atom stereocenters. The lowest BCUT2D eigenvalue weighted by atomic mass is 9.88. The zero-order valence-electron chi connectivity index (χ0n) is 13.3. The third-order valence-electron chi connectivity index (χ3n) is 4.72. The first-order chi connectivity index (χ1) is 9.59. The van der Waals surface area contributed by atoms with Gasteiger partial charge in [0.2, 0.25) is 0 Å². The minimum absolute atomic E-state index is 0.301. The summed E-state index contributed by atoms with van der Waals surface area (Å²) < 4.78 is 5.77. The van der Waals surface area contributed by atoms with E-state index in [4.69, 9.17) is 4.74 Å². The van der Waals surface area contributed by atoms with Gasteiger partial charge in [-0.3, -0.25) is 4.90 Å². The van der Waals surface area contributed by atoms with Crippen molar-refractivity contribution in [2.45, 2.75) is 45.2 Å². The predicted molar refractivity (Wildman–Crippen MR) is 84.3 cm³/mol. The Morgan fingerprint density at radius 3 is 2.55 bits per heavy atom. The molecule has 0 aromatic heterocycles. The Morgan fingerprint density at radius 2 is 1.95 bits per heavy atom. The first-order valence-electron chi connectivity index (χ1n) is 7.74. The average Bonchev–Trinajstić information content (AvgIpc) is 2.48. The van der Waals surface area contributed by atoms with Crippen LogP contribution in [0.5, 0.6) is 5.75 Å². The van der Waals surface area contributed by atoms with Gasteiger partial charge in [0.25, 0.3) is 0 Å². The molecule has 1 aromatic rings. The van der Waals surface area contributed by atoms with Crippen LogP contribution in [0.15, 0.2) is 24.3 Å². The van der Waals surface area contributed by atoms with E-state index in [1.165, 1.54) is 18.4 Å². The van der Waals surface area contributed by atoms with Crippen LogP contribution in [0.25, 0.3) is 0 Å². The first-order valence-corrected chi connectivity index (χ1v) is 7.74. The van der Waals surface area contributed by atoms with Gasteiger partial charge in [-0.05, 0) is 46.7 Å². The summed E-state index contributed by atoms with van der Waals surface area (Å²) in [7, 11) is 2.07. The molecule has 1 saturated heterocycles. The number of hydrogen-bond acceptors (Lipinski definition) is 3. The van der Waals surface area contributed by atoms with Gasteiger partial charge in [-0.25, -0.2) is 0 Å². The van der Waals surface area contributed by atoms with Crippen molar-refractivity contribution in [1.82, 2.24) is 10.2 Å². The van der Waals surface area contributed by atoms with Gasteiger partial charge in [0.15, 0.2) is 0 Å². The molecule has 112 valence electrons. The highest BCUT2D eigenvalue weighted by Crippen LogP contribution is 2.32. The van der Waals surface area contributed by atoms with Gasteiger partial charge in [0, 0.05) is 30.2 Å². The number of ether oxygens (including phenoxy) is 1. The quantitative estimate of drug-likeness (QED) is 0.893. The van der Waals surface area contributed by atoms with Crippen LogP contribution in [0, 0.1) is 0 Å². The van der Waals surface area contributed by atoms with E-state index in [-0.39, 0.29) is 0 Å². The van der Waals surface area contributed by atoms with Gasteiger partial charge in [-0.1, -0.05) is 18.2 Å². The SMILES string of the molecule is CCOc1ccccc1C(C)N1CCC(C)(NC)CC1. The molecular formula is C17H28N2O. The summed E-state index contributed by atoms with van der Waals surface area (Å²) >= 11 is 0. The average molecular weight is 276 g/mol. The maximum absolute atomic E-state index is 5.77. The van der Waals surface area contributed by atoms with Crippen molar-refractivity contribution in [3.8, 4) is 5.75 Å². The molecule has 2 rings (SSSR count). The molecule has 0 aliphatic carbocycles. The molecule has 0 saturated carbocycles. The number of likely N-dealkylation sites (tertiary alicyclic amines) is 1. The molecule has 0 amide bonds. The molecule has 1 heterocycles. The minimum atomic E-state index is 0.301. The highest BCUT2D eigenvalue weighted by atomic mass is 16.5. The Hall–Kier alpha value is -1.06. The standard InChI is InChI=1S/C17H28N2O/c1-5-20-16-9-7-6-8-15(16)14(2)19-12-10-17(3,18-4)11-13-19/h6-9,14,18H,5,10-13H2,1-4H3. The van der Waals surface area contributed by atoms with Gasteiger partial charge in [-0.2, -0.15) is 0 Å². The summed E-state index contributed by atoms with van der Waals surface area (Å²) in [5.74, 6) is 1.03. The number of benzene rings is 1. The second-order valence-electron chi connectivity index (χ2n) is 5.99. The highest BCUT2D eigenvalue weighted by Gasteiger charge is 2.31. The summed E-state index contributed by atoms with van der Waals surface area (Å²) in [6.45, 7) is 9.66. The van der Waals surface area contributed by atoms with Crippen LogP contribution in [0.2, 0.25) is 0 Å². The second kappa shape index (κ2) is 6.59. The van der Waals surface area contributed by atoms with Crippen molar-refractivity contribution in [2.75, 3.05) is 26.7 Å².